The summed E-state index contributed by atoms with van der Waals surface area (Å²) >= 11 is 0. The number of rotatable bonds is 4. The van der Waals surface area contributed by atoms with Gasteiger partial charge in [0.05, 0.1) is 23.7 Å². The minimum absolute atomic E-state index is 0.0845. The van der Waals surface area contributed by atoms with Crippen LogP contribution in [0.4, 0.5) is 0 Å². The monoisotopic (exact) mass is 226 g/mol. The molecule has 0 saturated carbocycles. The highest BCUT2D eigenvalue weighted by Gasteiger charge is 2.37. The van der Waals surface area contributed by atoms with Gasteiger partial charge < -0.3 is 4.74 Å². The van der Waals surface area contributed by atoms with E-state index in [-0.39, 0.29) is 23.7 Å². The maximum atomic E-state index is 11.7. The maximum Gasteiger partial charge on any atom is 0.157 e. The second-order valence-corrected chi connectivity index (χ2v) is 6.03. The fourth-order valence-electron chi connectivity index (χ4n) is 1.54. The van der Waals surface area contributed by atoms with Gasteiger partial charge in [-0.25, -0.2) is 8.42 Å². The van der Waals surface area contributed by atoms with Crippen LogP contribution in [-0.2, 0) is 20.3 Å². The summed E-state index contributed by atoms with van der Waals surface area (Å²) in [4.78, 5) is 0. The molecule has 1 aliphatic heterocycles. The molecule has 2 atom stereocenters. The molecule has 0 aromatic heterocycles. The molecule has 0 amide bonds. The topological polar surface area (TPSA) is 46.7 Å². The van der Waals surface area contributed by atoms with Gasteiger partial charge in [0.15, 0.2) is 9.84 Å². The van der Waals surface area contributed by atoms with Crippen LogP contribution in [0.1, 0.15) is 12.5 Å². The number of hydrogen-bond acceptors (Lipinski definition) is 3. The summed E-state index contributed by atoms with van der Waals surface area (Å²) in [6.07, 6.45) is 0.0225. The Labute approximate surface area is 90.0 Å². The second kappa shape index (κ2) is 3.94. The SMILES string of the molecule is CC1OC1CS(=O)(=O)Cc1ccccc1. The van der Waals surface area contributed by atoms with Crippen molar-refractivity contribution >= 4 is 9.84 Å². The molecular weight excluding hydrogens is 212 g/mol. The van der Waals surface area contributed by atoms with Crippen molar-refractivity contribution < 1.29 is 13.2 Å². The van der Waals surface area contributed by atoms with E-state index in [0.717, 1.165) is 5.56 Å². The Balaban J connectivity index is 1.99. The Bertz CT molecular complexity index is 424. The van der Waals surface area contributed by atoms with Crippen LogP contribution in [0.15, 0.2) is 30.3 Å². The fourth-order valence-corrected chi connectivity index (χ4v) is 3.21. The van der Waals surface area contributed by atoms with Gasteiger partial charge in [-0.3, -0.25) is 0 Å². The fraction of sp³-hybridized carbons (Fsp3) is 0.455. The number of sulfone groups is 1. The molecule has 1 aromatic rings. The third kappa shape index (κ3) is 3.04. The van der Waals surface area contributed by atoms with Crippen molar-refractivity contribution in [3.63, 3.8) is 0 Å². The number of epoxide rings is 1. The van der Waals surface area contributed by atoms with Gasteiger partial charge in [-0.1, -0.05) is 30.3 Å². The van der Waals surface area contributed by atoms with E-state index in [2.05, 4.69) is 0 Å². The van der Waals surface area contributed by atoms with Crippen molar-refractivity contribution in [2.24, 2.45) is 0 Å². The molecule has 0 N–H and O–H groups in total. The highest BCUT2D eigenvalue weighted by molar-refractivity contribution is 7.90. The zero-order chi connectivity index (χ0) is 10.9. The summed E-state index contributed by atoms with van der Waals surface area (Å²) in [5.74, 6) is 0.253. The second-order valence-electron chi connectivity index (χ2n) is 3.92. The number of ether oxygens (including phenoxy) is 1. The van der Waals surface area contributed by atoms with Gasteiger partial charge in [-0.2, -0.15) is 0 Å². The van der Waals surface area contributed by atoms with Crippen LogP contribution in [-0.4, -0.2) is 26.4 Å². The molecular formula is C11H14O3S. The molecule has 1 aromatic carbocycles. The van der Waals surface area contributed by atoms with Gasteiger partial charge in [0, 0.05) is 0 Å². The molecule has 15 heavy (non-hydrogen) atoms. The third-order valence-corrected chi connectivity index (χ3v) is 4.09. The first-order chi connectivity index (χ1) is 7.07. The van der Waals surface area contributed by atoms with Crippen LogP contribution in [0, 0.1) is 0 Å². The van der Waals surface area contributed by atoms with Crippen molar-refractivity contribution in [1.29, 1.82) is 0 Å². The maximum absolute atomic E-state index is 11.7. The molecule has 1 saturated heterocycles. The van der Waals surface area contributed by atoms with Crippen molar-refractivity contribution in [3.05, 3.63) is 35.9 Å². The highest BCUT2D eigenvalue weighted by atomic mass is 32.2. The predicted molar refractivity (Wildman–Crippen MR) is 58.3 cm³/mol. The Morgan fingerprint density at radius 1 is 1.27 bits per heavy atom. The molecule has 2 rings (SSSR count). The molecule has 82 valence electrons. The Morgan fingerprint density at radius 2 is 1.87 bits per heavy atom. The first-order valence-electron chi connectivity index (χ1n) is 4.97. The van der Waals surface area contributed by atoms with E-state index in [1.807, 2.05) is 37.3 Å². The molecule has 0 aliphatic carbocycles. The summed E-state index contributed by atoms with van der Waals surface area (Å²) in [6.45, 7) is 1.89. The van der Waals surface area contributed by atoms with Crippen LogP contribution >= 0.6 is 0 Å². The summed E-state index contributed by atoms with van der Waals surface area (Å²) in [5.41, 5.74) is 0.839. The Morgan fingerprint density at radius 3 is 2.40 bits per heavy atom. The molecule has 1 aliphatic rings. The van der Waals surface area contributed by atoms with E-state index in [1.165, 1.54) is 0 Å². The predicted octanol–water partition coefficient (Wildman–Crippen LogP) is 1.39. The first kappa shape index (κ1) is 10.6. The van der Waals surface area contributed by atoms with Crippen LogP contribution in [0.2, 0.25) is 0 Å². The van der Waals surface area contributed by atoms with Crippen molar-refractivity contribution in [2.45, 2.75) is 24.9 Å². The number of hydrogen-bond donors (Lipinski definition) is 0. The van der Waals surface area contributed by atoms with Gasteiger partial charge in [0.1, 0.15) is 0 Å². The number of benzene rings is 1. The largest absolute Gasteiger partial charge is 0.369 e. The molecule has 0 spiro atoms. The molecule has 3 nitrogen and oxygen atoms in total. The van der Waals surface area contributed by atoms with Crippen LogP contribution < -0.4 is 0 Å². The lowest BCUT2D eigenvalue weighted by Gasteiger charge is -2.01. The summed E-state index contributed by atoms with van der Waals surface area (Å²) < 4.78 is 28.5. The third-order valence-electron chi connectivity index (χ3n) is 2.48. The summed E-state index contributed by atoms with van der Waals surface area (Å²) in [6, 6.07) is 9.23. The molecule has 1 fully saturated rings. The van der Waals surface area contributed by atoms with Gasteiger partial charge >= 0.3 is 0 Å². The van der Waals surface area contributed by atoms with E-state index in [0.29, 0.717) is 0 Å². The summed E-state index contributed by atoms with van der Waals surface area (Å²) in [7, 11) is -3.03. The average Bonchev–Trinajstić information content (AvgIpc) is 2.81. The standard InChI is InChI=1S/C11H14O3S/c1-9-11(14-9)8-15(12,13)7-10-5-3-2-4-6-10/h2-6,9,11H,7-8H2,1H3. The molecule has 2 unspecified atom stereocenters. The zero-order valence-corrected chi connectivity index (χ0v) is 9.41. The lowest BCUT2D eigenvalue weighted by Crippen LogP contribution is -2.14. The molecule has 1 heterocycles. The Kier molecular flexibility index (Phi) is 2.80. The van der Waals surface area contributed by atoms with Crippen molar-refractivity contribution in [2.75, 3.05) is 5.75 Å². The van der Waals surface area contributed by atoms with E-state index in [9.17, 15) is 8.42 Å². The van der Waals surface area contributed by atoms with Crippen molar-refractivity contribution in [3.8, 4) is 0 Å². The zero-order valence-electron chi connectivity index (χ0n) is 8.59. The smallest absolute Gasteiger partial charge is 0.157 e. The van der Waals surface area contributed by atoms with Gasteiger partial charge in [-0.15, -0.1) is 0 Å². The quantitative estimate of drug-likeness (QED) is 0.729. The lowest BCUT2D eigenvalue weighted by atomic mass is 10.2. The lowest BCUT2D eigenvalue weighted by molar-refractivity contribution is 0.388. The van der Waals surface area contributed by atoms with Crippen molar-refractivity contribution in [1.82, 2.24) is 0 Å². The minimum Gasteiger partial charge on any atom is -0.369 e. The van der Waals surface area contributed by atoms with Crippen LogP contribution in [0.5, 0.6) is 0 Å². The van der Waals surface area contributed by atoms with Crippen LogP contribution in [0.3, 0.4) is 0 Å². The first-order valence-corrected chi connectivity index (χ1v) is 6.79. The normalized spacial score (nSPS) is 25.1. The van der Waals surface area contributed by atoms with Crippen LogP contribution in [0.25, 0.3) is 0 Å². The molecule has 0 bridgehead atoms. The van der Waals surface area contributed by atoms with E-state index >= 15 is 0 Å². The minimum atomic E-state index is -3.03. The van der Waals surface area contributed by atoms with Gasteiger partial charge in [0.25, 0.3) is 0 Å². The van der Waals surface area contributed by atoms with E-state index in [1.54, 1.807) is 0 Å². The van der Waals surface area contributed by atoms with E-state index in [4.69, 9.17) is 4.74 Å². The Hall–Kier alpha value is -0.870. The van der Waals surface area contributed by atoms with Gasteiger partial charge in [0.2, 0.25) is 0 Å². The highest BCUT2D eigenvalue weighted by Crippen LogP contribution is 2.23. The van der Waals surface area contributed by atoms with Gasteiger partial charge in [-0.05, 0) is 12.5 Å². The average molecular weight is 226 g/mol. The summed E-state index contributed by atoms with van der Waals surface area (Å²) in [5, 5.41) is 0. The molecule has 4 heteroatoms. The molecule has 0 radical (unpaired) electrons. The van der Waals surface area contributed by atoms with E-state index < -0.39 is 9.84 Å².